The maximum Gasteiger partial charge on any atom is 0.260 e. The average molecular weight is 545 g/mol. The lowest BCUT2D eigenvalue weighted by Gasteiger charge is -2.45. The SMILES string of the molecule is Cc1cn(-c2ccc(/C=C3\CC4(CCNC4=O)CN4C3=NOC4(CO)c3ccc(F)cc3)c3cnsc23)cn1. The van der Waals surface area contributed by atoms with Crippen LogP contribution in [0.25, 0.3) is 21.8 Å². The zero-order valence-electron chi connectivity index (χ0n) is 21.1. The number of hydrogen-bond donors (Lipinski definition) is 2. The Morgan fingerprint density at radius 3 is 2.82 bits per heavy atom. The zero-order valence-corrected chi connectivity index (χ0v) is 21.9. The lowest BCUT2D eigenvalue weighted by molar-refractivity contribution is -0.151. The molecule has 1 spiro atoms. The van der Waals surface area contributed by atoms with E-state index in [0.717, 1.165) is 32.6 Å². The van der Waals surface area contributed by atoms with E-state index in [-0.39, 0.29) is 11.7 Å². The average Bonchev–Trinajstić information content (AvgIpc) is 3.73. The lowest BCUT2D eigenvalue weighted by Crippen LogP contribution is -2.57. The molecule has 198 valence electrons. The van der Waals surface area contributed by atoms with E-state index in [4.69, 9.17) is 4.84 Å². The van der Waals surface area contributed by atoms with E-state index >= 15 is 0 Å². The van der Waals surface area contributed by atoms with Crippen molar-refractivity contribution < 1.29 is 19.1 Å². The molecular weight excluding hydrogens is 519 g/mol. The second-order valence-electron chi connectivity index (χ2n) is 10.3. The van der Waals surface area contributed by atoms with Crippen LogP contribution in [0.2, 0.25) is 0 Å². The molecule has 0 aliphatic carbocycles. The van der Waals surface area contributed by atoms with Crippen LogP contribution in [0.5, 0.6) is 0 Å². The predicted molar refractivity (Wildman–Crippen MR) is 145 cm³/mol. The largest absolute Gasteiger partial charge is 0.390 e. The lowest BCUT2D eigenvalue weighted by atomic mass is 9.74. The van der Waals surface area contributed by atoms with Gasteiger partial charge < -0.3 is 24.7 Å². The van der Waals surface area contributed by atoms with Gasteiger partial charge in [0.25, 0.3) is 5.72 Å². The van der Waals surface area contributed by atoms with Crippen LogP contribution in [0.3, 0.4) is 0 Å². The number of benzene rings is 2. The molecule has 9 nitrogen and oxygen atoms in total. The highest BCUT2D eigenvalue weighted by Crippen LogP contribution is 2.48. The third-order valence-corrected chi connectivity index (χ3v) is 8.81. The minimum atomic E-state index is -1.36. The summed E-state index contributed by atoms with van der Waals surface area (Å²) in [6, 6.07) is 9.90. The van der Waals surface area contributed by atoms with Crippen LogP contribution in [0.15, 0.2) is 65.8 Å². The Labute approximate surface area is 227 Å². The molecule has 2 aromatic heterocycles. The molecule has 7 rings (SSSR count). The Kier molecular flexibility index (Phi) is 5.36. The molecule has 2 saturated heterocycles. The quantitative estimate of drug-likeness (QED) is 0.406. The van der Waals surface area contributed by atoms with Crippen molar-refractivity contribution in [2.24, 2.45) is 10.6 Å². The van der Waals surface area contributed by atoms with Crippen LogP contribution in [0.1, 0.15) is 29.7 Å². The molecule has 0 radical (unpaired) electrons. The molecule has 39 heavy (non-hydrogen) atoms. The first kappa shape index (κ1) is 24.0. The summed E-state index contributed by atoms with van der Waals surface area (Å²) in [4.78, 5) is 25.4. The van der Waals surface area contributed by atoms with Gasteiger partial charge in [0.2, 0.25) is 5.91 Å². The summed E-state index contributed by atoms with van der Waals surface area (Å²) < 4.78 is 21.2. The first-order chi connectivity index (χ1) is 18.9. The normalized spacial score (nSPS) is 25.3. The number of aliphatic hydroxyl groups excluding tert-OH is 1. The molecule has 5 heterocycles. The molecule has 2 unspecified atom stereocenters. The number of rotatable bonds is 4. The van der Waals surface area contributed by atoms with Crippen LogP contribution in [0, 0.1) is 18.2 Å². The number of oxime groups is 1. The van der Waals surface area contributed by atoms with Crippen molar-refractivity contribution in [3.8, 4) is 5.69 Å². The van der Waals surface area contributed by atoms with E-state index in [1.165, 1.54) is 23.7 Å². The summed E-state index contributed by atoms with van der Waals surface area (Å²) in [6.45, 7) is 2.43. The van der Waals surface area contributed by atoms with Crippen molar-refractivity contribution in [2.45, 2.75) is 25.5 Å². The number of carbonyl (C=O) groups is 1. The molecule has 0 bridgehead atoms. The van der Waals surface area contributed by atoms with E-state index in [0.29, 0.717) is 37.3 Å². The summed E-state index contributed by atoms with van der Waals surface area (Å²) >= 11 is 1.41. The third kappa shape index (κ3) is 3.60. The first-order valence-electron chi connectivity index (χ1n) is 12.7. The van der Waals surface area contributed by atoms with Crippen molar-refractivity contribution in [1.82, 2.24) is 24.1 Å². The number of carbonyl (C=O) groups excluding carboxylic acids is 1. The molecule has 1 amide bonds. The van der Waals surface area contributed by atoms with Gasteiger partial charge in [-0.2, -0.15) is 4.37 Å². The van der Waals surface area contributed by atoms with Gasteiger partial charge in [-0.05, 0) is 78.8 Å². The van der Waals surface area contributed by atoms with Crippen LogP contribution in [0.4, 0.5) is 4.39 Å². The number of amides is 1. The summed E-state index contributed by atoms with van der Waals surface area (Å²) in [5.41, 5.74) is 2.17. The first-order valence-corrected chi connectivity index (χ1v) is 13.5. The van der Waals surface area contributed by atoms with Gasteiger partial charge >= 0.3 is 0 Å². The summed E-state index contributed by atoms with van der Waals surface area (Å²) in [7, 11) is 0. The van der Waals surface area contributed by atoms with E-state index in [9.17, 15) is 14.3 Å². The topological polar surface area (TPSA) is 105 Å². The van der Waals surface area contributed by atoms with Gasteiger partial charge in [0.15, 0.2) is 5.84 Å². The molecule has 2 fully saturated rings. The molecule has 3 aliphatic heterocycles. The fourth-order valence-corrected chi connectivity index (χ4v) is 6.73. The number of aliphatic hydroxyl groups is 1. The second-order valence-corrected chi connectivity index (χ2v) is 11.1. The van der Waals surface area contributed by atoms with Crippen molar-refractivity contribution in [1.29, 1.82) is 0 Å². The number of piperidine rings is 1. The molecule has 11 heteroatoms. The number of imidazole rings is 1. The number of nitrogens with zero attached hydrogens (tertiary/aromatic N) is 5. The highest BCUT2D eigenvalue weighted by atomic mass is 32.1. The van der Waals surface area contributed by atoms with E-state index < -0.39 is 17.7 Å². The van der Waals surface area contributed by atoms with Gasteiger partial charge in [0, 0.05) is 36.4 Å². The van der Waals surface area contributed by atoms with Crippen LogP contribution in [-0.2, 0) is 15.4 Å². The van der Waals surface area contributed by atoms with E-state index in [2.05, 4.69) is 19.8 Å². The highest BCUT2D eigenvalue weighted by Gasteiger charge is 2.57. The maximum atomic E-state index is 13.8. The Balaban J connectivity index is 1.35. The fraction of sp³-hybridized carbons (Fsp3) is 0.286. The molecule has 2 aromatic carbocycles. The summed E-state index contributed by atoms with van der Waals surface area (Å²) in [5, 5.41) is 19.0. The van der Waals surface area contributed by atoms with E-state index in [1.807, 2.05) is 47.0 Å². The van der Waals surface area contributed by atoms with Gasteiger partial charge in [-0.25, -0.2) is 9.37 Å². The Bertz CT molecular complexity index is 1680. The van der Waals surface area contributed by atoms with Crippen LogP contribution >= 0.6 is 11.5 Å². The second kappa shape index (κ2) is 8.72. The molecule has 2 atom stereocenters. The minimum Gasteiger partial charge on any atom is -0.390 e. The van der Waals surface area contributed by atoms with Crippen molar-refractivity contribution >= 4 is 39.4 Å². The van der Waals surface area contributed by atoms with Crippen molar-refractivity contribution in [3.05, 3.63) is 83.3 Å². The van der Waals surface area contributed by atoms with Crippen LogP contribution < -0.4 is 5.32 Å². The number of halogens is 1. The standard InChI is InChI=1S/C28H25FN6O3S/c1-17-13-34(16-31-17)23-7-2-18(22-12-32-39-24(22)23)10-19-11-27(8-9-30-26(27)37)14-35-25(19)33-38-28(35,15-36)20-3-5-21(29)6-4-20/h2-7,10,12-13,16,36H,8-9,11,14-15H2,1H3,(H,30,37)/b19-10+. The van der Waals surface area contributed by atoms with E-state index in [1.54, 1.807) is 18.5 Å². The van der Waals surface area contributed by atoms with Gasteiger partial charge in [-0.1, -0.05) is 11.2 Å². The summed E-state index contributed by atoms with van der Waals surface area (Å²) in [6.07, 6.45) is 8.78. The minimum absolute atomic E-state index is 0.0292. The monoisotopic (exact) mass is 544 g/mol. The Morgan fingerprint density at radius 2 is 2.10 bits per heavy atom. The number of hydrogen-bond acceptors (Lipinski definition) is 8. The predicted octanol–water partition coefficient (Wildman–Crippen LogP) is 3.71. The number of amidine groups is 1. The van der Waals surface area contributed by atoms with Gasteiger partial charge in [0.05, 0.1) is 27.8 Å². The van der Waals surface area contributed by atoms with Gasteiger partial charge in [-0.15, -0.1) is 0 Å². The Morgan fingerprint density at radius 1 is 1.26 bits per heavy atom. The molecular formula is C28H25FN6O3S. The highest BCUT2D eigenvalue weighted by molar-refractivity contribution is 7.13. The van der Waals surface area contributed by atoms with Crippen molar-refractivity contribution in [2.75, 3.05) is 19.7 Å². The van der Waals surface area contributed by atoms with Crippen molar-refractivity contribution in [3.63, 3.8) is 0 Å². The molecule has 3 aliphatic rings. The summed E-state index contributed by atoms with van der Waals surface area (Å²) in [5.74, 6) is 0.141. The molecule has 4 aromatic rings. The number of nitrogens with one attached hydrogen (secondary N) is 1. The number of fused-ring (bicyclic) bond motifs is 2. The fourth-order valence-electron chi connectivity index (χ4n) is 5.93. The zero-order chi connectivity index (χ0) is 26.8. The maximum absolute atomic E-state index is 13.8. The Hall–Kier alpha value is -4.09. The van der Waals surface area contributed by atoms with Crippen LogP contribution in [-0.4, -0.2) is 55.4 Å². The molecule has 0 saturated carbocycles. The van der Waals surface area contributed by atoms with Gasteiger partial charge in [0.1, 0.15) is 12.4 Å². The number of aromatic nitrogens is 3. The third-order valence-electron chi connectivity index (χ3n) is 7.99. The van der Waals surface area contributed by atoms with Gasteiger partial charge in [-0.3, -0.25) is 4.79 Å². The number of aryl methyl sites for hydroxylation is 1. The molecule has 2 N–H and O–H groups in total. The smallest absolute Gasteiger partial charge is 0.260 e.